The van der Waals surface area contributed by atoms with Crippen molar-refractivity contribution in [1.82, 2.24) is 0 Å². The normalized spacial score (nSPS) is 24.1. The Morgan fingerprint density at radius 3 is 1.51 bits per heavy atom. The van der Waals surface area contributed by atoms with Crippen LogP contribution in [-0.4, -0.2) is 43.7 Å². The molecule has 4 rings (SSSR count). The fourth-order valence-corrected chi connectivity index (χ4v) is 4.04. The zero-order valence-corrected chi connectivity index (χ0v) is 19.7. The first-order chi connectivity index (χ1) is 17.2. The van der Waals surface area contributed by atoms with Crippen LogP contribution in [0.2, 0.25) is 0 Å². The Labute approximate surface area is 205 Å². The molecule has 0 bridgehead atoms. The highest BCUT2D eigenvalue weighted by atomic mass is 16.6. The van der Waals surface area contributed by atoms with Gasteiger partial charge in [0.05, 0.1) is 26.9 Å². The molecule has 3 aromatic rings. The molecule has 35 heavy (non-hydrogen) atoms. The number of carbonyl (C=O) groups is 1. The second-order valence-corrected chi connectivity index (χ2v) is 8.33. The Bertz CT molecular complexity index is 1030. The van der Waals surface area contributed by atoms with Crippen molar-refractivity contribution < 1.29 is 28.5 Å². The molecule has 2 N–H and O–H groups in total. The fraction of sp³-hybridized carbons (Fsp3) is 0.321. The third-order valence-corrected chi connectivity index (χ3v) is 5.86. The SMILES string of the molecule is COC(=O)[C@H]1OC(N)[C@H](OCc2ccccc2)[C@@H](OCc2ccccc2)[C@@H]1OCc1ccccc1. The number of ether oxygens (including phenoxy) is 5. The number of benzene rings is 3. The van der Waals surface area contributed by atoms with E-state index in [4.69, 9.17) is 29.4 Å². The zero-order valence-electron chi connectivity index (χ0n) is 19.7. The molecule has 1 fully saturated rings. The van der Waals surface area contributed by atoms with Crippen molar-refractivity contribution in [1.29, 1.82) is 0 Å². The molecular weight excluding hydrogens is 446 g/mol. The minimum atomic E-state index is -1.06. The van der Waals surface area contributed by atoms with Crippen LogP contribution >= 0.6 is 0 Å². The summed E-state index contributed by atoms with van der Waals surface area (Å²) in [6.07, 6.45) is -4.14. The topological polar surface area (TPSA) is 89.2 Å². The predicted octanol–water partition coefficient (Wildman–Crippen LogP) is 3.60. The molecule has 1 aliphatic heterocycles. The molecule has 184 valence electrons. The summed E-state index contributed by atoms with van der Waals surface area (Å²) in [5.41, 5.74) is 9.28. The van der Waals surface area contributed by atoms with Crippen LogP contribution in [0.15, 0.2) is 91.0 Å². The highest BCUT2D eigenvalue weighted by Crippen LogP contribution is 2.29. The van der Waals surface area contributed by atoms with E-state index in [0.717, 1.165) is 16.7 Å². The summed E-state index contributed by atoms with van der Waals surface area (Å²) in [4.78, 5) is 12.7. The zero-order chi connectivity index (χ0) is 24.5. The van der Waals surface area contributed by atoms with Gasteiger partial charge >= 0.3 is 5.97 Å². The van der Waals surface area contributed by atoms with Crippen LogP contribution in [0.4, 0.5) is 0 Å². The van der Waals surface area contributed by atoms with Crippen LogP contribution in [-0.2, 0) is 48.3 Å². The average Bonchev–Trinajstić information content (AvgIpc) is 2.91. The number of carbonyl (C=O) groups excluding carboxylic acids is 1. The van der Waals surface area contributed by atoms with Gasteiger partial charge in [-0.05, 0) is 16.7 Å². The molecule has 0 spiro atoms. The lowest BCUT2D eigenvalue weighted by molar-refractivity contribution is -0.264. The van der Waals surface area contributed by atoms with Gasteiger partial charge in [-0.3, -0.25) is 0 Å². The van der Waals surface area contributed by atoms with Gasteiger partial charge in [-0.15, -0.1) is 0 Å². The lowest BCUT2D eigenvalue weighted by Crippen LogP contribution is -2.64. The number of rotatable bonds is 10. The van der Waals surface area contributed by atoms with E-state index in [-0.39, 0.29) is 6.61 Å². The van der Waals surface area contributed by atoms with Gasteiger partial charge in [0.1, 0.15) is 24.5 Å². The Morgan fingerprint density at radius 1 is 0.686 bits per heavy atom. The van der Waals surface area contributed by atoms with Gasteiger partial charge in [0, 0.05) is 0 Å². The molecule has 3 aromatic carbocycles. The monoisotopic (exact) mass is 477 g/mol. The lowest BCUT2D eigenvalue weighted by Gasteiger charge is -2.44. The third kappa shape index (κ3) is 6.75. The van der Waals surface area contributed by atoms with Gasteiger partial charge < -0.3 is 29.4 Å². The Balaban J connectivity index is 1.59. The Hall–Kier alpha value is -3.07. The maximum absolute atomic E-state index is 12.7. The van der Waals surface area contributed by atoms with E-state index < -0.39 is 36.6 Å². The van der Waals surface area contributed by atoms with Gasteiger partial charge in [-0.2, -0.15) is 0 Å². The summed E-state index contributed by atoms with van der Waals surface area (Å²) in [7, 11) is 1.31. The maximum atomic E-state index is 12.7. The molecule has 0 aliphatic carbocycles. The molecule has 0 radical (unpaired) electrons. The molecule has 1 aliphatic rings. The van der Waals surface area contributed by atoms with Crippen LogP contribution in [0.5, 0.6) is 0 Å². The third-order valence-electron chi connectivity index (χ3n) is 5.86. The van der Waals surface area contributed by atoms with Crippen molar-refractivity contribution in [3.05, 3.63) is 108 Å². The van der Waals surface area contributed by atoms with E-state index in [1.165, 1.54) is 7.11 Å². The van der Waals surface area contributed by atoms with Crippen molar-refractivity contribution in [2.24, 2.45) is 5.73 Å². The number of esters is 1. The van der Waals surface area contributed by atoms with Crippen molar-refractivity contribution in [2.45, 2.75) is 50.5 Å². The summed E-state index contributed by atoms with van der Waals surface area (Å²) < 4.78 is 29.7. The molecule has 0 amide bonds. The molecule has 5 atom stereocenters. The number of nitrogens with two attached hydrogens (primary N) is 1. The molecule has 1 unspecified atom stereocenters. The van der Waals surface area contributed by atoms with E-state index in [1.807, 2.05) is 91.0 Å². The first kappa shape index (κ1) is 25.0. The number of hydrogen-bond donors (Lipinski definition) is 1. The van der Waals surface area contributed by atoms with E-state index in [0.29, 0.717) is 13.2 Å². The second kappa shape index (κ2) is 12.6. The standard InChI is InChI=1S/C28H31NO6/c1-31-28(30)26-24(33-18-21-13-7-3-8-14-21)23(32-17-20-11-5-2-6-12-20)25(27(29)35-26)34-19-22-15-9-4-10-16-22/h2-16,23-27H,17-19,29H2,1H3/t23-,24-,25+,26-,27?/m0/s1. The summed E-state index contributed by atoms with van der Waals surface area (Å²) >= 11 is 0. The van der Waals surface area contributed by atoms with Gasteiger partial charge in [0.25, 0.3) is 0 Å². The molecule has 0 saturated carbocycles. The van der Waals surface area contributed by atoms with Gasteiger partial charge in [0.15, 0.2) is 6.10 Å². The number of methoxy groups -OCH3 is 1. The quantitative estimate of drug-likeness (QED) is 0.446. The predicted molar refractivity (Wildman–Crippen MR) is 130 cm³/mol. The van der Waals surface area contributed by atoms with Crippen LogP contribution in [0.1, 0.15) is 16.7 Å². The molecule has 1 saturated heterocycles. The smallest absolute Gasteiger partial charge is 0.337 e. The first-order valence-corrected chi connectivity index (χ1v) is 11.6. The van der Waals surface area contributed by atoms with Crippen molar-refractivity contribution in [3.63, 3.8) is 0 Å². The first-order valence-electron chi connectivity index (χ1n) is 11.6. The van der Waals surface area contributed by atoms with Gasteiger partial charge in [-0.1, -0.05) is 91.0 Å². The lowest BCUT2D eigenvalue weighted by atomic mass is 9.97. The van der Waals surface area contributed by atoms with Crippen LogP contribution in [0, 0.1) is 0 Å². The largest absolute Gasteiger partial charge is 0.467 e. The maximum Gasteiger partial charge on any atom is 0.337 e. The highest BCUT2D eigenvalue weighted by Gasteiger charge is 2.50. The summed E-state index contributed by atoms with van der Waals surface area (Å²) in [6, 6.07) is 29.2. The summed E-state index contributed by atoms with van der Waals surface area (Å²) in [6.45, 7) is 0.860. The number of hydrogen-bond acceptors (Lipinski definition) is 7. The molecule has 0 aromatic heterocycles. The minimum Gasteiger partial charge on any atom is -0.467 e. The van der Waals surface area contributed by atoms with E-state index in [2.05, 4.69) is 0 Å². The molecular formula is C28H31NO6. The van der Waals surface area contributed by atoms with E-state index >= 15 is 0 Å². The van der Waals surface area contributed by atoms with Crippen LogP contribution < -0.4 is 5.73 Å². The molecule has 7 nitrogen and oxygen atoms in total. The Morgan fingerprint density at radius 2 is 1.09 bits per heavy atom. The van der Waals surface area contributed by atoms with E-state index in [9.17, 15) is 4.79 Å². The highest BCUT2D eigenvalue weighted by molar-refractivity contribution is 5.75. The van der Waals surface area contributed by atoms with E-state index in [1.54, 1.807) is 0 Å². The minimum absolute atomic E-state index is 0.258. The van der Waals surface area contributed by atoms with Crippen molar-refractivity contribution in [2.75, 3.05) is 7.11 Å². The molecule has 1 heterocycles. The van der Waals surface area contributed by atoms with Crippen molar-refractivity contribution >= 4 is 5.97 Å². The Kier molecular flexibility index (Phi) is 9.00. The fourth-order valence-electron chi connectivity index (χ4n) is 4.04. The second-order valence-electron chi connectivity index (χ2n) is 8.33. The van der Waals surface area contributed by atoms with Crippen LogP contribution in [0.25, 0.3) is 0 Å². The van der Waals surface area contributed by atoms with Crippen LogP contribution in [0.3, 0.4) is 0 Å². The van der Waals surface area contributed by atoms with Gasteiger partial charge in [-0.25, -0.2) is 4.79 Å². The molecule has 7 heteroatoms. The average molecular weight is 478 g/mol. The van der Waals surface area contributed by atoms with Gasteiger partial charge in [0.2, 0.25) is 0 Å². The summed E-state index contributed by atoms with van der Waals surface area (Å²) in [5.74, 6) is -0.576. The van der Waals surface area contributed by atoms with Crippen molar-refractivity contribution in [3.8, 4) is 0 Å². The summed E-state index contributed by atoms with van der Waals surface area (Å²) in [5, 5.41) is 0.